The molecule has 1 N–H and O–H groups in total. The van der Waals surface area contributed by atoms with Gasteiger partial charge in [-0.2, -0.15) is 0 Å². The van der Waals surface area contributed by atoms with Gasteiger partial charge in [-0.05, 0) is 49.8 Å². The Hall–Kier alpha value is -0.800. The average Bonchev–Trinajstić information content (AvgIpc) is 3.26. The van der Waals surface area contributed by atoms with Crippen molar-refractivity contribution in [3.63, 3.8) is 0 Å². The number of nitrogens with one attached hydrogen (secondary N) is 1. The third kappa shape index (κ3) is 2.91. The van der Waals surface area contributed by atoms with Gasteiger partial charge in [0.1, 0.15) is 5.82 Å². The van der Waals surface area contributed by atoms with Crippen LogP contribution in [0.15, 0.2) is 18.2 Å². The van der Waals surface area contributed by atoms with Gasteiger partial charge in [-0.1, -0.05) is 25.4 Å². The second-order valence-electron chi connectivity index (χ2n) is 7.11. The molecule has 1 saturated heterocycles. The van der Waals surface area contributed by atoms with E-state index in [0.29, 0.717) is 17.0 Å². The van der Waals surface area contributed by atoms with E-state index in [1.807, 2.05) is 0 Å². The molecule has 0 spiro atoms. The van der Waals surface area contributed by atoms with Gasteiger partial charge in [-0.3, -0.25) is 0 Å². The van der Waals surface area contributed by atoms with Crippen molar-refractivity contribution in [2.75, 3.05) is 18.0 Å². The number of benzene rings is 1. The largest absolute Gasteiger partial charge is 0.364 e. The SMILES string of the molecule is CC(C)C1CNC(C)(C2CC2)CN1c1cc(F)ccc1Cl. The average molecular weight is 311 g/mol. The van der Waals surface area contributed by atoms with E-state index in [9.17, 15) is 4.39 Å². The molecule has 1 aromatic carbocycles. The first-order valence-corrected chi connectivity index (χ1v) is 8.25. The molecule has 0 amide bonds. The predicted octanol–water partition coefficient (Wildman–Crippen LogP) is 4.08. The minimum atomic E-state index is -0.219. The van der Waals surface area contributed by atoms with E-state index in [1.165, 1.54) is 18.9 Å². The first kappa shape index (κ1) is 15.1. The van der Waals surface area contributed by atoms with Gasteiger partial charge in [0.25, 0.3) is 0 Å². The molecule has 4 heteroatoms. The zero-order chi connectivity index (χ0) is 15.2. The van der Waals surface area contributed by atoms with Gasteiger partial charge in [0.2, 0.25) is 0 Å². The molecule has 1 aromatic rings. The second-order valence-corrected chi connectivity index (χ2v) is 7.51. The lowest BCUT2D eigenvalue weighted by atomic mass is 9.87. The van der Waals surface area contributed by atoms with Crippen LogP contribution in [0.3, 0.4) is 0 Å². The maximum Gasteiger partial charge on any atom is 0.125 e. The smallest absolute Gasteiger partial charge is 0.125 e. The molecule has 1 heterocycles. The molecule has 0 bridgehead atoms. The van der Waals surface area contributed by atoms with E-state index >= 15 is 0 Å². The molecule has 2 aliphatic rings. The third-order valence-corrected chi connectivity index (χ3v) is 5.40. The summed E-state index contributed by atoms with van der Waals surface area (Å²) < 4.78 is 13.7. The van der Waals surface area contributed by atoms with Crippen molar-refractivity contribution in [3.05, 3.63) is 29.0 Å². The van der Waals surface area contributed by atoms with Crippen molar-refractivity contribution in [3.8, 4) is 0 Å². The molecule has 1 aliphatic carbocycles. The Morgan fingerprint density at radius 3 is 2.71 bits per heavy atom. The van der Waals surface area contributed by atoms with Gasteiger partial charge in [0.05, 0.1) is 10.7 Å². The zero-order valence-corrected chi connectivity index (χ0v) is 13.8. The van der Waals surface area contributed by atoms with E-state index < -0.39 is 0 Å². The molecule has 0 radical (unpaired) electrons. The fourth-order valence-corrected chi connectivity index (χ4v) is 3.76. The normalized spacial score (nSPS) is 30.0. The van der Waals surface area contributed by atoms with Gasteiger partial charge in [-0.15, -0.1) is 0 Å². The number of nitrogens with zero attached hydrogens (tertiary/aromatic N) is 1. The maximum absolute atomic E-state index is 13.7. The van der Waals surface area contributed by atoms with Crippen molar-refractivity contribution in [1.82, 2.24) is 5.32 Å². The lowest BCUT2D eigenvalue weighted by molar-refractivity contribution is 0.233. The van der Waals surface area contributed by atoms with Crippen molar-refractivity contribution in [2.24, 2.45) is 11.8 Å². The van der Waals surface area contributed by atoms with E-state index in [-0.39, 0.29) is 11.4 Å². The van der Waals surface area contributed by atoms with E-state index in [1.54, 1.807) is 12.1 Å². The molecular weight excluding hydrogens is 287 g/mol. The molecule has 116 valence electrons. The third-order valence-electron chi connectivity index (χ3n) is 5.08. The Bertz CT molecular complexity index is 530. The Morgan fingerprint density at radius 1 is 1.38 bits per heavy atom. The first-order valence-electron chi connectivity index (χ1n) is 7.87. The molecular formula is C17H24ClFN2. The maximum atomic E-state index is 13.7. The summed E-state index contributed by atoms with van der Waals surface area (Å²) in [5.41, 5.74) is 0.949. The fourth-order valence-electron chi connectivity index (χ4n) is 3.53. The summed E-state index contributed by atoms with van der Waals surface area (Å²) in [5, 5.41) is 4.38. The highest BCUT2D eigenvalue weighted by atomic mass is 35.5. The monoisotopic (exact) mass is 310 g/mol. The summed E-state index contributed by atoms with van der Waals surface area (Å²) in [7, 11) is 0. The number of anilines is 1. The molecule has 2 fully saturated rings. The molecule has 2 nitrogen and oxygen atoms in total. The van der Waals surface area contributed by atoms with Gasteiger partial charge < -0.3 is 10.2 Å². The zero-order valence-electron chi connectivity index (χ0n) is 13.0. The lowest BCUT2D eigenvalue weighted by Crippen LogP contribution is -2.65. The Balaban J connectivity index is 1.95. The summed E-state index contributed by atoms with van der Waals surface area (Å²) in [5.74, 6) is 1.00. The summed E-state index contributed by atoms with van der Waals surface area (Å²) in [6, 6.07) is 5.02. The van der Waals surface area contributed by atoms with E-state index in [0.717, 1.165) is 24.7 Å². The summed E-state index contributed by atoms with van der Waals surface area (Å²) in [6.07, 6.45) is 2.58. The number of halogens is 2. The van der Waals surface area contributed by atoms with Gasteiger partial charge in [0.15, 0.2) is 0 Å². The number of hydrogen-bond donors (Lipinski definition) is 1. The van der Waals surface area contributed by atoms with Crippen molar-refractivity contribution in [2.45, 2.75) is 45.2 Å². The van der Waals surface area contributed by atoms with E-state index in [2.05, 4.69) is 31.0 Å². The van der Waals surface area contributed by atoms with Crippen LogP contribution in [-0.4, -0.2) is 24.7 Å². The van der Waals surface area contributed by atoms with Crippen molar-refractivity contribution >= 4 is 17.3 Å². The number of hydrogen-bond acceptors (Lipinski definition) is 2. The van der Waals surface area contributed by atoms with Crippen LogP contribution in [0, 0.1) is 17.7 Å². The number of piperazine rings is 1. The van der Waals surface area contributed by atoms with Crippen LogP contribution >= 0.6 is 11.6 Å². The van der Waals surface area contributed by atoms with Crippen molar-refractivity contribution in [1.29, 1.82) is 0 Å². The van der Waals surface area contributed by atoms with Crippen LogP contribution in [0.4, 0.5) is 10.1 Å². The molecule has 2 atom stereocenters. The summed E-state index contributed by atoms with van der Waals surface area (Å²) in [4.78, 5) is 2.32. The summed E-state index contributed by atoms with van der Waals surface area (Å²) in [6.45, 7) is 8.54. The molecule has 3 rings (SSSR count). The Morgan fingerprint density at radius 2 is 2.10 bits per heavy atom. The minimum Gasteiger partial charge on any atom is -0.364 e. The molecule has 0 aromatic heterocycles. The van der Waals surface area contributed by atoms with Crippen LogP contribution in [0.2, 0.25) is 5.02 Å². The first-order chi connectivity index (χ1) is 9.90. The van der Waals surface area contributed by atoms with Crippen LogP contribution in [0.5, 0.6) is 0 Å². The predicted molar refractivity (Wildman–Crippen MR) is 86.5 cm³/mol. The molecule has 1 aliphatic heterocycles. The van der Waals surface area contributed by atoms with Crippen LogP contribution < -0.4 is 10.2 Å². The highest BCUT2D eigenvalue weighted by Crippen LogP contribution is 2.43. The quantitative estimate of drug-likeness (QED) is 0.905. The van der Waals surface area contributed by atoms with E-state index in [4.69, 9.17) is 11.6 Å². The number of rotatable bonds is 3. The highest BCUT2D eigenvalue weighted by Gasteiger charge is 2.46. The lowest BCUT2D eigenvalue weighted by Gasteiger charge is -2.49. The second kappa shape index (κ2) is 5.44. The standard InChI is InChI=1S/C17H24ClFN2/c1-11(2)16-9-20-17(3,12-4-5-12)10-21(16)15-8-13(19)6-7-14(15)18/h6-8,11-12,16,20H,4-5,9-10H2,1-3H3. The van der Waals surface area contributed by atoms with Gasteiger partial charge >= 0.3 is 0 Å². The van der Waals surface area contributed by atoms with Crippen LogP contribution in [-0.2, 0) is 0 Å². The molecule has 2 unspecified atom stereocenters. The van der Waals surface area contributed by atoms with Crippen molar-refractivity contribution < 1.29 is 4.39 Å². The Labute approximate surface area is 131 Å². The van der Waals surface area contributed by atoms with Crippen LogP contribution in [0.25, 0.3) is 0 Å². The fraction of sp³-hybridized carbons (Fsp3) is 0.647. The molecule has 1 saturated carbocycles. The summed E-state index contributed by atoms with van der Waals surface area (Å²) >= 11 is 6.36. The van der Waals surface area contributed by atoms with Gasteiger partial charge in [-0.25, -0.2) is 4.39 Å². The Kier molecular flexibility index (Phi) is 3.91. The van der Waals surface area contributed by atoms with Gasteiger partial charge in [0, 0.05) is 24.7 Å². The highest BCUT2D eigenvalue weighted by molar-refractivity contribution is 6.33. The minimum absolute atomic E-state index is 0.112. The van der Waals surface area contributed by atoms with Crippen LogP contribution in [0.1, 0.15) is 33.6 Å². The topological polar surface area (TPSA) is 15.3 Å². The molecule has 21 heavy (non-hydrogen) atoms.